The highest BCUT2D eigenvalue weighted by molar-refractivity contribution is 5.81. The van der Waals surface area contributed by atoms with Crippen LogP contribution in [0.2, 0.25) is 0 Å². The van der Waals surface area contributed by atoms with E-state index in [1.165, 1.54) is 7.05 Å². The molecule has 0 aliphatic rings. The van der Waals surface area contributed by atoms with Gasteiger partial charge in [0.15, 0.2) is 0 Å². The maximum Gasteiger partial charge on any atom is 0.341 e. The summed E-state index contributed by atoms with van der Waals surface area (Å²) in [6.07, 6.45) is 0. The molecule has 17 heavy (non-hydrogen) atoms. The topological polar surface area (TPSA) is 57.5 Å². The van der Waals surface area contributed by atoms with E-state index in [2.05, 4.69) is 5.32 Å². The van der Waals surface area contributed by atoms with E-state index in [4.69, 9.17) is 0 Å². The van der Waals surface area contributed by atoms with E-state index in [0.29, 0.717) is 5.06 Å². The Hall–Kier alpha value is -2.01. The number of hydroxylamine groups is 2. The predicted molar refractivity (Wildman–Crippen MR) is 64.7 cm³/mol. The van der Waals surface area contributed by atoms with Crippen LogP contribution in [0.5, 0.6) is 0 Å². The van der Waals surface area contributed by atoms with Gasteiger partial charge in [0.2, 0.25) is 0 Å². The van der Waals surface area contributed by atoms with Crippen LogP contribution in [0.15, 0.2) is 30.3 Å². The number of para-hydroxylation sites is 1. The number of hydrogen-bond donors (Lipinski definition) is 2. The van der Waals surface area contributed by atoms with Crippen LogP contribution in [0, 0.1) is 0 Å². The zero-order valence-corrected chi connectivity index (χ0v) is 9.84. The summed E-state index contributed by atoms with van der Waals surface area (Å²) < 4.78 is 1.96. The summed E-state index contributed by atoms with van der Waals surface area (Å²) in [6, 6.07) is 9.36. The Kier molecular flexibility index (Phi) is 3.01. The summed E-state index contributed by atoms with van der Waals surface area (Å²) in [5.74, 6) is 0. The molecule has 0 spiro atoms. The standard InChI is InChI=1S/C12H15N3O2/c1-13-12(16)15(17)8-10-7-9-5-3-4-6-11(9)14(10)2/h3-7,17H,8H2,1-2H3,(H,13,16). The lowest BCUT2D eigenvalue weighted by molar-refractivity contribution is -0.0514. The molecule has 2 aromatic rings. The van der Waals surface area contributed by atoms with Crippen LogP contribution in [0.4, 0.5) is 4.79 Å². The number of aromatic nitrogens is 1. The minimum Gasteiger partial charge on any atom is -0.346 e. The van der Waals surface area contributed by atoms with Crippen molar-refractivity contribution in [1.29, 1.82) is 0 Å². The monoisotopic (exact) mass is 233 g/mol. The number of hydrogen-bond acceptors (Lipinski definition) is 2. The minimum absolute atomic E-state index is 0.158. The van der Waals surface area contributed by atoms with Crippen LogP contribution in [-0.2, 0) is 13.6 Å². The maximum atomic E-state index is 11.2. The third-order valence-corrected chi connectivity index (χ3v) is 2.81. The quantitative estimate of drug-likeness (QED) is 0.613. The summed E-state index contributed by atoms with van der Waals surface area (Å²) in [4.78, 5) is 11.2. The van der Waals surface area contributed by atoms with Gasteiger partial charge in [0.05, 0.1) is 6.54 Å². The summed E-state index contributed by atoms with van der Waals surface area (Å²) in [5, 5.41) is 13.6. The Balaban J connectivity index is 2.30. The van der Waals surface area contributed by atoms with Gasteiger partial charge in [0.25, 0.3) is 0 Å². The van der Waals surface area contributed by atoms with Gasteiger partial charge < -0.3 is 9.88 Å². The van der Waals surface area contributed by atoms with Crippen molar-refractivity contribution in [2.24, 2.45) is 7.05 Å². The molecule has 0 bridgehead atoms. The molecule has 90 valence electrons. The lowest BCUT2D eigenvalue weighted by Crippen LogP contribution is -2.35. The van der Waals surface area contributed by atoms with Gasteiger partial charge in [-0.1, -0.05) is 18.2 Å². The third-order valence-electron chi connectivity index (χ3n) is 2.81. The molecule has 2 rings (SSSR count). The Morgan fingerprint density at radius 3 is 2.82 bits per heavy atom. The molecule has 0 saturated heterocycles. The third kappa shape index (κ3) is 2.09. The predicted octanol–water partition coefficient (Wildman–Crippen LogP) is 1.71. The lowest BCUT2D eigenvalue weighted by Gasteiger charge is -2.14. The molecule has 5 nitrogen and oxygen atoms in total. The number of amides is 2. The van der Waals surface area contributed by atoms with Gasteiger partial charge in [-0.15, -0.1) is 0 Å². The second-order valence-electron chi connectivity index (χ2n) is 3.87. The molecule has 2 N–H and O–H groups in total. The molecule has 0 unspecified atom stereocenters. The second kappa shape index (κ2) is 4.47. The summed E-state index contributed by atoms with van der Waals surface area (Å²) >= 11 is 0. The largest absolute Gasteiger partial charge is 0.346 e. The number of urea groups is 1. The lowest BCUT2D eigenvalue weighted by atomic mass is 10.2. The Morgan fingerprint density at radius 2 is 2.18 bits per heavy atom. The van der Waals surface area contributed by atoms with Crippen LogP contribution in [-0.4, -0.2) is 27.9 Å². The molecule has 1 aromatic heterocycles. The maximum absolute atomic E-state index is 11.2. The molecule has 0 radical (unpaired) electrons. The van der Waals surface area contributed by atoms with Gasteiger partial charge in [0, 0.05) is 25.3 Å². The van der Waals surface area contributed by atoms with Crippen molar-refractivity contribution in [1.82, 2.24) is 14.9 Å². The molecule has 1 aromatic carbocycles. The van der Waals surface area contributed by atoms with E-state index in [1.807, 2.05) is 41.9 Å². The van der Waals surface area contributed by atoms with Crippen molar-refractivity contribution in [2.45, 2.75) is 6.54 Å². The van der Waals surface area contributed by atoms with E-state index in [-0.39, 0.29) is 6.54 Å². The van der Waals surface area contributed by atoms with Crippen molar-refractivity contribution in [2.75, 3.05) is 7.05 Å². The zero-order chi connectivity index (χ0) is 12.4. The molecule has 2 amide bonds. The average molecular weight is 233 g/mol. The molecule has 0 saturated carbocycles. The van der Waals surface area contributed by atoms with E-state index in [0.717, 1.165) is 16.6 Å². The van der Waals surface area contributed by atoms with Gasteiger partial charge in [-0.25, -0.2) is 9.86 Å². The molecular weight excluding hydrogens is 218 g/mol. The van der Waals surface area contributed by atoms with Crippen LogP contribution >= 0.6 is 0 Å². The number of carbonyl (C=O) groups excluding carboxylic acids is 1. The van der Waals surface area contributed by atoms with Crippen LogP contribution in [0.25, 0.3) is 10.9 Å². The fraction of sp³-hybridized carbons (Fsp3) is 0.250. The van der Waals surface area contributed by atoms with Gasteiger partial charge in [-0.3, -0.25) is 5.21 Å². The van der Waals surface area contributed by atoms with Crippen molar-refractivity contribution >= 4 is 16.9 Å². The first-order valence-electron chi connectivity index (χ1n) is 5.35. The van der Waals surface area contributed by atoms with Gasteiger partial charge in [-0.2, -0.15) is 0 Å². The fourth-order valence-electron chi connectivity index (χ4n) is 1.85. The Bertz CT molecular complexity index is 548. The van der Waals surface area contributed by atoms with Gasteiger partial charge in [-0.05, 0) is 17.5 Å². The molecule has 1 heterocycles. The number of fused-ring (bicyclic) bond motifs is 1. The van der Waals surface area contributed by atoms with E-state index in [9.17, 15) is 10.0 Å². The summed E-state index contributed by atoms with van der Waals surface area (Å²) in [5.41, 5.74) is 1.95. The van der Waals surface area contributed by atoms with Crippen LogP contribution < -0.4 is 5.32 Å². The van der Waals surface area contributed by atoms with Crippen LogP contribution in [0.3, 0.4) is 0 Å². The first-order valence-corrected chi connectivity index (χ1v) is 5.35. The molecule has 0 aliphatic carbocycles. The molecule has 5 heteroatoms. The highest BCUT2D eigenvalue weighted by Gasteiger charge is 2.12. The summed E-state index contributed by atoms with van der Waals surface area (Å²) in [7, 11) is 3.39. The number of carbonyl (C=O) groups is 1. The molecule has 0 aliphatic heterocycles. The molecule has 0 atom stereocenters. The molecule has 0 fully saturated rings. The minimum atomic E-state index is -0.518. The first kappa shape index (κ1) is 11.5. The zero-order valence-electron chi connectivity index (χ0n) is 9.84. The van der Waals surface area contributed by atoms with Crippen molar-refractivity contribution < 1.29 is 10.0 Å². The van der Waals surface area contributed by atoms with E-state index in [1.54, 1.807) is 0 Å². The van der Waals surface area contributed by atoms with Crippen molar-refractivity contribution in [3.05, 3.63) is 36.0 Å². The van der Waals surface area contributed by atoms with Crippen LogP contribution in [0.1, 0.15) is 5.69 Å². The Labute approximate surface area is 99.2 Å². The summed E-state index contributed by atoms with van der Waals surface area (Å²) in [6.45, 7) is 0.158. The number of rotatable bonds is 2. The number of nitrogens with one attached hydrogen (secondary N) is 1. The number of benzene rings is 1. The number of aryl methyl sites for hydroxylation is 1. The SMILES string of the molecule is CNC(=O)N(O)Cc1cc2ccccc2n1C. The average Bonchev–Trinajstić information content (AvgIpc) is 2.66. The van der Waals surface area contributed by atoms with Crippen molar-refractivity contribution in [3.8, 4) is 0 Å². The number of nitrogens with zero attached hydrogens (tertiary/aromatic N) is 2. The highest BCUT2D eigenvalue weighted by atomic mass is 16.5. The fourth-order valence-corrected chi connectivity index (χ4v) is 1.85. The smallest absolute Gasteiger partial charge is 0.341 e. The van der Waals surface area contributed by atoms with Gasteiger partial charge >= 0.3 is 6.03 Å². The van der Waals surface area contributed by atoms with E-state index >= 15 is 0 Å². The first-order chi connectivity index (χ1) is 8.13. The normalized spacial score (nSPS) is 10.5. The molecular formula is C12H15N3O2. The highest BCUT2D eigenvalue weighted by Crippen LogP contribution is 2.19. The Morgan fingerprint density at radius 1 is 1.47 bits per heavy atom. The van der Waals surface area contributed by atoms with Crippen molar-refractivity contribution in [3.63, 3.8) is 0 Å². The van der Waals surface area contributed by atoms with Gasteiger partial charge in [0.1, 0.15) is 0 Å². The van der Waals surface area contributed by atoms with E-state index < -0.39 is 6.03 Å². The second-order valence-corrected chi connectivity index (χ2v) is 3.87.